The number of rotatable bonds is 2. The van der Waals surface area contributed by atoms with Gasteiger partial charge in [-0.15, -0.1) is 0 Å². The zero-order chi connectivity index (χ0) is 9.23. The highest BCUT2D eigenvalue weighted by Crippen LogP contribution is 1.98. The van der Waals surface area contributed by atoms with Gasteiger partial charge in [0.15, 0.2) is 0 Å². The minimum Gasteiger partial charge on any atom is -0.380 e. The zero-order valence-electron chi connectivity index (χ0n) is 7.49. The van der Waals surface area contributed by atoms with E-state index >= 15 is 0 Å². The van der Waals surface area contributed by atoms with E-state index in [1.165, 1.54) is 12.5 Å². The van der Waals surface area contributed by atoms with Crippen LogP contribution in [0.1, 0.15) is 12.5 Å². The Kier molecular flexibility index (Phi) is 7.19. The third-order valence-corrected chi connectivity index (χ3v) is 1.15. The Morgan fingerprint density at radius 3 is 2.25 bits per heavy atom. The number of aldehydes is 1. The van der Waals surface area contributed by atoms with Gasteiger partial charge in [0.2, 0.25) is 0 Å². The van der Waals surface area contributed by atoms with Gasteiger partial charge in [0, 0.05) is 7.11 Å². The summed E-state index contributed by atoms with van der Waals surface area (Å²) in [6, 6.07) is 10.1. The highest BCUT2D eigenvalue weighted by Gasteiger charge is 1.84. The Labute approximate surface area is 73.2 Å². The molecular weight excluding hydrogens is 152 g/mol. The Hall–Kier alpha value is -1.15. The van der Waals surface area contributed by atoms with Crippen molar-refractivity contribution in [3.8, 4) is 0 Å². The Morgan fingerprint density at radius 2 is 1.83 bits per heavy atom. The van der Waals surface area contributed by atoms with Gasteiger partial charge in [-0.1, -0.05) is 30.3 Å². The molecule has 1 aromatic rings. The molecule has 0 aliphatic rings. The maximum absolute atomic E-state index is 8.81. The molecule has 0 saturated carbocycles. The van der Waals surface area contributed by atoms with E-state index in [1.54, 1.807) is 7.11 Å². The zero-order valence-corrected chi connectivity index (χ0v) is 7.49. The van der Waals surface area contributed by atoms with Crippen LogP contribution in [0.15, 0.2) is 30.3 Å². The lowest BCUT2D eigenvalue weighted by molar-refractivity contribution is -0.106. The largest absolute Gasteiger partial charge is 0.380 e. The minimum atomic E-state index is 0.709. The SMILES string of the molecule is CC=O.COCc1ccccc1. The predicted molar refractivity (Wildman–Crippen MR) is 48.9 cm³/mol. The molecule has 1 aromatic carbocycles. The van der Waals surface area contributed by atoms with E-state index in [1.807, 2.05) is 30.3 Å². The van der Waals surface area contributed by atoms with E-state index in [9.17, 15) is 0 Å². The van der Waals surface area contributed by atoms with E-state index in [0.717, 1.165) is 6.29 Å². The molecule has 0 radical (unpaired) electrons. The van der Waals surface area contributed by atoms with Gasteiger partial charge in [-0.3, -0.25) is 0 Å². The van der Waals surface area contributed by atoms with Crippen LogP contribution in [0, 0.1) is 0 Å². The first kappa shape index (κ1) is 10.8. The van der Waals surface area contributed by atoms with Crippen LogP contribution in [0.3, 0.4) is 0 Å². The summed E-state index contributed by atoms with van der Waals surface area (Å²) in [5, 5.41) is 0. The first-order valence-corrected chi connectivity index (χ1v) is 3.77. The van der Waals surface area contributed by atoms with Crippen LogP contribution in [0.4, 0.5) is 0 Å². The maximum Gasteiger partial charge on any atom is 0.116 e. The summed E-state index contributed by atoms with van der Waals surface area (Å²) in [5.41, 5.74) is 1.22. The monoisotopic (exact) mass is 166 g/mol. The summed E-state index contributed by atoms with van der Waals surface area (Å²) in [5.74, 6) is 0. The van der Waals surface area contributed by atoms with Crippen LogP contribution < -0.4 is 0 Å². The minimum absolute atomic E-state index is 0.709. The van der Waals surface area contributed by atoms with E-state index in [-0.39, 0.29) is 0 Å². The smallest absolute Gasteiger partial charge is 0.116 e. The van der Waals surface area contributed by atoms with E-state index < -0.39 is 0 Å². The maximum atomic E-state index is 8.81. The van der Waals surface area contributed by atoms with Crippen LogP contribution in [0.5, 0.6) is 0 Å². The molecule has 12 heavy (non-hydrogen) atoms. The van der Waals surface area contributed by atoms with Gasteiger partial charge in [0.05, 0.1) is 6.61 Å². The average Bonchev–Trinajstić information content (AvgIpc) is 2.08. The van der Waals surface area contributed by atoms with Gasteiger partial charge in [-0.25, -0.2) is 0 Å². The Bertz CT molecular complexity index is 194. The van der Waals surface area contributed by atoms with Gasteiger partial charge in [-0.05, 0) is 12.5 Å². The number of carbonyl (C=O) groups excluding carboxylic acids is 1. The molecule has 0 bridgehead atoms. The summed E-state index contributed by atoms with van der Waals surface area (Å²) >= 11 is 0. The van der Waals surface area contributed by atoms with Crippen LogP contribution in [-0.2, 0) is 16.1 Å². The molecule has 2 heteroatoms. The van der Waals surface area contributed by atoms with E-state index in [0.29, 0.717) is 6.61 Å². The van der Waals surface area contributed by atoms with Crippen LogP contribution in [0.2, 0.25) is 0 Å². The topological polar surface area (TPSA) is 26.3 Å². The van der Waals surface area contributed by atoms with Gasteiger partial charge in [-0.2, -0.15) is 0 Å². The van der Waals surface area contributed by atoms with E-state index in [4.69, 9.17) is 9.53 Å². The average molecular weight is 166 g/mol. The highest BCUT2D eigenvalue weighted by atomic mass is 16.5. The lowest BCUT2D eigenvalue weighted by Gasteiger charge is -1.95. The fraction of sp³-hybridized carbons (Fsp3) is 0.300. The van der Waals surface area contributed by atoms with Crippen molar-refractivity contribution >= 4 is 6.29 Å². The molecule has 0 amide bonds. The molecule has 2 nitrogen and oxygen atoms in total. The van der Waals surface area contributed by atoms with Crippen molar-refractivity contribution in [3.63, 3.8) is 0 Å². The summed E-state index contributed by atoms with van der Waals surface area (Å²) in [4.78, 5) is 8.81. The molecule has 0 aromatic heterocycles. The number of benzene rings is 1. The summed E-state index contributed by atoms with van der Waals surface area (Å²) < 4.78 is 4.93. The fourth-order valence-electron chi connectivity index (χ4n) is 0.741. The van der Waals surface area contributed by atoms with Gasteiger partial charge < -0.3 is 9.53 Å². The lowest BCUT2D eigenvalue weighted by atomic mass is 10.2. The molecule has 66 valence electrons. The Balaban J connectivity index is 0.000000354. The summed E-state index contributed by atoms with van der Waals surface area (Å²) in [6.45, 7) is 2.15. The molecule has 1 rings (SSSR count). The van der Waals surface area contributed by atoms with Crippen molar-refractivity contribution < 1.29 is 9.53 Å². The van der Waals surface area contributed by atoms with Crippen molar-refractivity contribution in [2.24, 2.45) is 0 Å². The molecule has 0 saturated heterocycles. The van der Waals surface area contributed by atoms with Crippen molar-refractivity contribution in [1.82, 2.24) is 0 Å². The Morgan fingerprint density at radius 1 is 1.33 bits per heavy atom. The normalized spacial score (nSPS) is 8.17. The van der Waals surface area contributed by atoms with Crippen LogP contribution >= 0.6 is 0 Å². The van der Waals surface area contributed by atoms with Crippen molar-refractivity contribution in [2.45, 2.75) is 13.5 Å². The quantitative estimate of drug-likeness (QED) is 0.628. The molecule has 0 heterocycles. The van der Waals surface area contributed by atoms with Crippen LogP contribution in [0.25, 0.3) is 0 Å². The van der Waals surface area contributed by atoms with Gasteiger partial charge in [0.25, 0.3) is 0 Å². The van der Waals surface area contributed by atoms with E-state index in [2.05, 4.69) is 0 Å². The van der Waals surface area contributed by atoms with Crippen molar-refractivity contribution in [3.05, 3.63) is 35.9 Å². The molecule has 0 aliphatic carbocycles. The molecule has 0 N–H and O–H groups in total. The van der Waals surface area contributed by atoms with Gasteiger partial charge >= 0.3 is 0 Å². The van der Waals surface area contributed by atoms with Crippen LogP contribution in [-0.4, -0.2) is 13.4 Å². The fourth-order valence-corrected chi connectivity index (χ4v) is 0.741. The number of hydrogen-bond donors (Lipinski definition) is 0. The van der Waals surface area contributed by atoms with Crippen molar-refractivity contribution in [2.75, 3.05) is 7.11 Å². The third-order valence-electron chi connectivity index (χ3n) is 1.15. The third kappa shape index (κ3) is 5.62. The molecule has 0 unspecified atom stereocenters. The molecule has 0 atom stereocenters. The predicted octanol–water partition coefficient (Wildman–Crippen LogP) is 2.04. The molecule has 0 fully saturated rings. The molecular formula is C10H14O2. The standard InChI is InChI=1S/C8H10O.C2H4O/c1-9-7-8-5-3-2-4-6-8;1-2-3/h2-6H,7H2,1H3;2H,1H3. The number of carbonyl (C=O) groups is 1. The highest BCUT2D eigenvalue weighted by molar-refractivity contribution is 5.44. The second-order valence-corrected chi connectivity index (χ2v) is 2.15. The first-order valence-electron chi connectivity index (χ1n) is 3.77. The second kappa shape index (κ2) is 7.95. The van der Waals surface area contributed by atoms with Crippen molar-refractivity contribution in [1.29, 1.82) is 0 Å². The molecule has 0 spiro atoms. The number of hydrogen-bond acceptors (Lipinski definition) is 2. The summed E-state index contributed by atoms with van der Waals surface area (Å²) in [6.07, 6.45) is 0.750. The molecule has 0 aliphatic heterocycles. The number of ether oxygens (including phenoxy) is 1. The lowest BCUT2D eigenvalue weighted by Crippen LogP contribution is -1.84. The van der Waals surface area contributed by atoms with Gasteiger partial charge in [0.1, 0.15) is 6.29 Å². The second-order valence-electron chi connectivity index (χ2n) is 2.15. The number of methoxy groups -OCH3 is 1. The summed E-state index contributed by atoms with van der Waals surface area (Å²) in [7, 11) is 1.70. The first-order chi connectivity index (χ1) is 5.85.